The molecule has 0 aliphatic rings. The fourth-order valence-corrected chi connectivity index (χ4v) is 2.31. The number of hydrogen-bond acceptors (Lipinski definition) is 3. The van der Waals surface area contributed by atoms with E-state index < -0.39 is 9.40 Å². The molecule has 0 spiro atoms. The van der Waals surface area contributed by atoms with Crippen LogP contribution >= 0.6 is 31.9 Å². The summed E-state index contributed by atoms with van der Waals surface area (Å²) in [6, 6.07) is -0.693. The third kappa shape index (κ3) is 9.48. The van der Waals surface area contributed by atoms with Gasteiger partial charge in [0.05, 0.1) is 0 Å². The van der Waals surface area contributed by atoms with Gasteiger partial charge in [-0.2, -0.15) is 0 Å². The molecule has 0 saturated carbocycles. The molecule has 108 valence electrons. The van der Waals surface area contributed by atoms with Gasteiger partial charge < -0.3 is 11.5 Å². The molecular formula is C13H26Br2N2O. The van der Waals surface area contributed by atoms with Crippen LogP contribution in [0.2, 0.25) is 0 Å². The van der Waals surface area contributed by atoms with E-state index in [-0.39, 0.29) is 5.78 Å². The molecule has 0 aliphatic carbocycles. The van der Waals surface area contributed by atoms with Crippen molar-refractivity contribution in [2.45, 2.75) is 74.1 Å². The van der Waals surface area contributed by atoms with Crippen molar-refractivity contribution in [2.24, 2.45) is 11.5 Å². The van der Waals surface area contributed by atoms with E-state index in [2.05, 4.69) is 38.8 Å². The van der Waals surface area contributed by atoms with Crippen molar-refractivity contribution in [3.63, 3.8) is 0 Å². The molecule has 0 heterocycles. The quantitative estimate of drug-likeness (QED) is 0.322. The zero-order valence-electron chi connectivity index (χ0n) is 11.3. The van der Waals surface area contributed by atoms with Crippen LogP contribution in [0.15, 0.2) is 0 Å². The number of rotatable bonds is 11. The summed E-state index contributed by atoms with van der Waals surface area (Å²) in [5, 5.41) is 0. The molecule has 0 rings (SSSR count). The normalized spacial score (nSPS) is 13.6. The van der Waals surface area contributed by atoms with E-state index in [1.807, 2.05) is 0 Å². The summed E-state index contributed by atoms with van der Waals surface area (Å²) in [5.41, 5.74) is 11.4. The molecule has 0 radical (unpaired) electrons. The lowest BCUT2D eigenvalue weighted by atomic mass is 10.0. The molecule has 0 amide bonds. The molecule has 0 aliphatic heterocycles. The molecule has 18 heavy (non-hydrogen) atoms. The van der Waals surface area contributed by atoms with E-state index in [4.69, 9.17) is 11.5 Å². The lowest BCUT2D eigenvalue weighted by molar-refractivity contribution is -0.120. The first-order chi connectivity index (χ1) is 8.39. The van der Waals surface area contributed by atoms with Crippen LogP contribution < -0.4 is 11.5 Å². The van der Waals surface area contributed by atoms with Gasteiger partial charge in [-0.1, -0.05) is 83.7 Å². The van der Waals surface area contributed by atoms with E-state index in [0.29, 0.717) is 6.42 Å². The Labute approximate surface area is 128 Å². The average Bonchev–Trinajstić information content (AvgIpc) is 2.30. The minimum Gasteiger partial charge on any atom is -0.319 e. The van der Waals surface area contributed by atoms with Crippen molar-refractivity contribution in [3.8, 4) is 0 Å². The van der Waals surface area contributed by atoms with Crippen LogP contribution in [0, 0.1) is 0 Å². The van der Waals surface area contributed by atoms with E-state index in [1.165, 1.54) is 38.5 Å². The van der Waals surface area contributed by atoms with E-state index in [1.54, 1.807) is 0 Å². The smallest absolute Gasteiger partial charge is 0.153 e. The minimum atomic E-state index is -0.975. The predicted octanol–water partition coefficient (Wildman–Crippen LogP) is 3.82. The van der Waals surface area contributed by atoms with Gasteiger partial charge in [-0.25, -0.2) is 0 Å². The SMILES string of the molecule is CCCCCCCCCCC(=O)C(N)C(N)(Br)Br. The number of hydrogen-bond donors (Lipinski definition) is 2. The van der Waals surface area contributed by atoms with Crippen molar-refractivity contribution < 1.29 is 4.79 Å². The summed E-state index contributed by atoms with van der Waals surface area (Å²) in [6.45, 7) is 2.22. The number of nitrogens with two attached hydrogens (primary N) is 2. The van der Waals surface area contributed by atoms with Gasteiger partial charge in [-0.05, 0) is 6.42 Å². The second-order valence-electron chi connectivity index (χ2n) is 4.84. The Morgan fingerprint density at radius 2 is 1.50 bits per heavy atom. The number of Topliss-reactive ketones (excluding diaryl/α,β-unsaturated/α-hetero) is 1. The van der Waals surface area contributed by atoms with Crippen molar-refractivity contribution in [1.29, 1.82) is 0 Å². The summed E-state index contributed by atoms with van der Waals surface area (Å²) >= 11 is 6.30. The number of halogens is 2. The summed E-state index contributed by atoms with van der Waals surface area (Å²) < 4.78 is -0.975. The van der Waals surface area contributed by atoms with E-state index >= 15 is 0 Å². The Kier molecular flexibility index (Phi) is 10.7. The molecule has 0 saturated heterocycles. The van der Waals surface area contributed by atoms with Gasteiger partial charge >= 0.3 is 0 Å². The number of alkyl halides is 2. The lowest BCUT2D eigenvalue weighted by Gasteiger charge is -2.21. The van der Waals surface area contributed by atoms with Gasteiger partial charge in [0.15, 0.2) is 5.78 Å². The highest BCUT2D eigenvalue weighted by Crippen LogP contribution is 2.23. The first kappa shape index (κ1) is 18.6. The Morgan fingerprint density at radius 3 is 1.94 bits per heavy atom. The van der Waals surface area contributed by atoms with Crippen molar-refractivity contribution in [2.75, 3.05) is 0 Å². The summed E-state index contributed by atoms with van der Waals surface area (Å²) in [5.74, 6) is 0.0113. The molecular weight excluding hydrogens is 360 g/mol. The standard InChI is InChI=1S/C13H26Br2N2O/c1-2-3-4-5-6-7-8-9-10-11(18)12(16)13(14,15)17/h12H,2-10,16-17H2,1H3. The fraction of sp³-hybridized carbons (Fsp3) is 0.923. The van der Waals surface area contributed by atoms with Crippen LogP contribution in [-0.4, -0.2) is 15.2 Å². The van der Waals surface area contributed by atoms with Crippen LogP contribution in [-0.2, 0) is 4.79 Å². The molecule has 4 N–H and O–H groups in total. The zero-order valence-corrected chi connectivity index (χ0v) is 14.4. The zero-order chi connectivity index (χ0) is 14.0. The molecule has 1 atom stereocenters. The minimum absolute atomic E-state index is 0.0113. The van der Waals surface area contributed by atoms with Gasteiger partial charge in [-0.15, -0.1) is 0 Å². The van der Waals surface area contributed by atoms with Gasteiger partial charge in [0.2, 0.25) is 0 Å². The van der Waals surface area contributed by atoms with Crippen molar-refractivity contribution >= 4 is 37.6 Å². The Balaban J connectivity index is 3.47. The van der Waals surface area contributed by atoms with E-state index in [0.717, 1.165) is 12.8 Å². The number of carbonyl (C=O) groups is 1. The highest BCUT2D eigenvalue weighted by atomic mass is 79.9. The third-order valence-electron chi connectivity index (χ3n) is 3.04. The lowest BCUT2D eigenvalue weighted by Crippen LogP contribution is -2.50. The molecule has 0 fully saturated rings. The van der Waals surface area contributed by atoms with E-state index in [9.17, 15) is 4.79 Å². The van der Waals surface area contributed by atoms with Gasteiger partial charge in [0, 0.05) is 6.42 Å². The molecule has 3 nitrogen and oxygen atoms in total. The van der Waals surface area contributed by atoms with Crippen LogP contribution in [0.4, 0.5) is 0 Å². The van der Waals surface area contributed by atoms with Gasteiger partial charge in [0.1, 0.15) is 9.40 Å². The highest BCUT2D eigenvalue weighted by molar-refractivity contribution is 9.25. The van der Waals surface area contributed by atoms with Gasteiger partial charge in [0.25, 0.3) is 0 Å². The monoisotopic (exact) mass is 384 g/mol. The first-order valence-electron chi connectivity index (χ1n) is 6.84. The summed E-state index contributed by atoms with van der Waals surface area (Å²) in [7, 11) is 0. The Hall–Kier alpha value is 0.550. The fourth-order valence-electron chi connectivity index (χ4n) is 1.80. The van der Waals surface area contributed by atoms with Crippen LogP contribution in [0.3, 0.4) is 0 Å². The average molecular weight is 386 g/mol. The maximum absolute atomic E-state index is 11.7. The Bertz CT molecular complexity index is 230. The molecule has 1 unspecified atom stereocenters. The van der Waals surface area contributed by atoms with Crippen LogP contribution in [0.5, 0.6) is 0 Å². The largest absolute Gasteiger partial charge is 0.319 e. The second kappa shape index (κ2) is 10.4. The van der Waals surface area contributed by atoms with Crippen molar-refractivity contribution in [1.82, 2.24) is 0 Å². The highest BCUT2D eigenvalue weighted by Gasteiger charge is 2.31. The Morgan fingerprint density at radius 1 is 1.06 bits per heavy atom. The number of unbranched alkanes of at least 4 members (excludes halogenated alkanes) is 7. The second-order valence-corrected chi connectivity index (χ2v) is 8.53. The van der Waals surface area contributed by atoms with Crippen LogP contribution in [0.25, 0.3) is 0 Å². The number of carbonyl (C=O) groups excluding carboxylic acids is 1. The predicted molar refractivity (Wildman–Crippen MR) is 85.0 cm³/mol. The third-order valence-corrected chi connectivity index (χ3v) is 4.02. The molecule has 0 aromatic heterocycles. The molecule has 0 aromatic carbocycles. The van der Waals surface area contributed by atoms with Crippen molar-refractivity contribution in [3.05, 3.63) is 0 Å². The van der Waals surface area contributed by atoms with Gasteiger partial charge in [-0.3, -0.25) is 4.79 Å². The molecule has 5 heteroatoms. The number of ketones is 1. The topological polar surface area (TPSA) is 69.1 Å². The maximum atomic E-state index is 11.7. The maximum Gasteiger partial charge on any atom is 0.153 e. The first-order valence-corrected chi connectivity index (χ1v) is 8.43. The van der Waals surface area contributed by atoms with Crippen LogP contribution in [0.1, 0.15) is 64.7 Å². The summed E-state index contributed by atoms with van der Waals surface area (Å²) in [6.07, 6.45) is 10.3. The molecule has 0 bridgehead atoms. The molecule has 0 aromatic rings. The summed E-state index contributed by atoms with van der Waals surface area (Å²) in [4.78, 5) is 11.7.